The molecule has 0 radical (unpaired) electrons. The Morgan fingerprint density at radius 2 is 1.76 bits per heavy atom. The second-order valence-electron chi connectivity index (χ2n) is 7.16. The Labute approximate surface area is 186 Å². The molecule has 170 valence electrons. The van der Waals surface area contributed by atoms with Crippen LogP contribution >= 0.6 is 0 Å². The van der Waals surface area contributed by atoms with Gasteiger partial charge in [0, 0.05) is 5.56 Å². The molecule has 0 spiro atoms. The van der Waals surface area contributed by atoms with Gasteiger partial charge >= 0.3 is 6.18 Å². The van der Waals surface area contributed by atoms with E-state index in [2.05, 4.69) is 14.7 Å². The molecule has 0 atom stereocenters. The maximum Gasteiger partial charge on any atom is 0.416 e. The molecule has 0 saturated heterocycles. The highest BCUT2D eigenvalue weighted by Gasteiger charge is 2.31. The van der Waals surface area contributed by atoms with Gasteiger partial charge in [0.1, 0.15) is 11.6 Å². The number of H-pyrrole nitrogens is 1. The largest absolute Gasteiger partial charge is 0.416 e. The highest BCUT2D eigenvalue weighted by molar-refractivity contribution is 7.89. The Bertz CT molecular complexity index is 1470. The van der Waals surface area contributed by atoms with Crippen LogP contribution in [0.1, 0.15) is 17.0 Å². The predicted octanol–water partition coefficient (Wildman–Crippen LogP) is 5.47. The fourth-order valence-electron chi connectivity index (χ4n) is 3.37. The van der Waals surface area contributed by atoms with Gasteiger partial charge < -0.3 is 4.98 Å². The maximum absolute atomic E-state index is 13.6. The summed E-state index contributed by atoms with van der Waals surface area (Å²) in [5.41, 5.74) is 1.26. The lowest BCUT2D eigenvalue weighted by Crippen LogP contribution is -2.19. The Hall–Kier alpha value is -3.50. The van der Waals surface area contributed by atoms with Gasteiger partial charge in [-0.2, -0.15) is 13.2 Å². The summed E-state index contributed by atoms with van der Waals surface area (Å²) in [6.45, 7) is 0. The third-order valence-electron chi connectivity index (χ3n) is 4.94. The SMILES string of the molecule is CNS(=O)(=O)c1ccccc1-c1ccc2nc(/C=C/c3cc(F)cc(C(F)(F)F)c3)[nH]c2c1. The average molecular weight is 475 g/mol. The third-order valence-corrected chi connectivity index (χ3v) is 6.41. The highest BCUT2D eigenvalue weighted by atomic mass is 32.2. The van der Waals surface area contributed by atoms with Crippen LogP contribution < -0.4 is 4.72 Å². The molecule has 0 saturated carbocycles. The Balaban J connectivity index is 1.69. The van der Waals surface area contributed by atoms with Gasteiger partial charge in [0.25, 0.3) is 0 Å². The van der Waals surface area contributed by atoms with Crippen LogP contribution in [0.25, 0.3) is 34.3 Å². The summed E-state index contributed by atoms with van der Waals surface area (Å²) < 4.78 is 79.3. The van der Waals surface area contributed by atoms with Gasteiger partial charge in [-0.25, -0.2) is 22.5 Å². The van der Waals surface area contributed by atoms with E-state index in [0.717, 1.165) is 12.1 Å². The third kappa shape index (κ3) is 4.81. The Kier molecular flexibility index (Phi) is 5.81. The molecule has 4 rings (SSSR count). The monoisotopic (exact) mass is 475 g/mol. The van der Waals surface area contributed by atoms with Crippen LogP contribution in [0.4, 0.5) is 17.6 Å². The number of aromatic amines is 1. The number of nitrogens with one attached hydrogen (secondary N) is 2. The molecular formula is C23H17F4N3O2S. The topological polar surface area (TPSA) is 74.8 Å². The number of hydrogen-bond donors (Lipinski definition) is 2. The van der Waals surface area contributed by atoms with E-state index in [0.29, 0.717) is 34.1 Å². The molecule has 0 fully saturated rings. The summed E-state index contributed by atoms with van der Waals surface area (Å²) in [4.78, 5) is 7.51. The van der Waals surface area contributed by atoms with Crippen LogP contribution in [0.5, 0.6) is 0 Å². The van der Waals surface area contributed by atoms with E-state index in [1.54, 1.807) is 36.4 Å². The molecule has 1 aromatic heterocycles. The van der Waals surface area contributed by atoms with E-state index < -0.39 is 27.6 Å². The lowest BCUT2D eigenvalue weighted by Gasteiger charge is -2.09. The quantitative estimate of drug-likeness (QED) is 0.376. The van der Waals surface area contributed by atoms with Gasteiger partial charge in [-0.3, -0.25) is 0 Å². The average Bonchev–Trinajstić information content (AvgIpc) is 3.19. The number of imidazole rings is 1. The lowest BCUT2D eigenvalue weighted by molar-refractivity contribution is -0.137. The van der Waals surface area contributed by atoms with Crippen LogP contribution in [-0.4, -0.2) is 25.4 Å². The first kappa shape index (κ1) is 22.7. The molecule has 0 bridgehead atoms. The van der Waals surface area contributed by atoms with Crippen LogP contribution in [-0.2, 0) is 16.2 Å². The molecule has 5 nitrogen and oxygen atoms in total. The smallest absolute Gasteiger partial charge is 0.338 e. The first-order chi connectivity index (χ1) is 15.6. The molecule has 4 aromatic rings. The van der Waals surface area contributed by atoms with E-state index in [9.17, 15) is 26.0 Å². The summed E-state index contributed by atoms with van der Waals surface area (Å²) in [5.74, 6) is -0.648. The summed E-state index contributed by atoms with van der Waals surface area (Å²) in [5, 5.41) is 0. The summed E-state index contributed by atoms with van der Waals surface area (Å²) in [6, 6.07) is 14.0. The number of alkyl halides is 3. The minimum atomic E-state index is -4.66. The van der Waals surface area contributed by atoms with Crippen molar-refractivity contribution < 1.29 is 26.0 Å². The van der Waals surface area contributed by atoms with Crippen LogP contribution in [0.15, 0.2) is 65.6 Å². The molecule has 0 aliphatic rings. The van der Waals surface area contributed by atoms with Crippen molar-refractivity contribution in [3.05, 3.63) is 83.4 Å². The van der Waals surface area contributed by atoms with Gasteiger partial charge in [-0.05, 0) is 60.6 Å². The van der Waals surface area contributed by atoms with Crippen molar-refractivity contribution >= 4 is 33.2 Å². The van der Waals surface area contributed by atoms with Gasteiger partial charge in [0.2, 0.25) is 10.0 Å². The van der Waals surface area contributed by atoms with Crippen molar-refractivity contribution in [3.8, 4) is 11.1 Å². The first-order valence-electron chi connectivity index (χ1n) is 9.65. The van der Waals surface area contributed by atoms with Crippen molar-refractivity contribution in [2.75, 3.05) is 7.05 Å². The fraction of sp³-hybridized carbons (Fsp3) is 0.0870. The molecule has 0 aliphatic carbocycles. The zero-order valence-electron chi connectivity index (χ0n) is 17.1. The molecular weight excluding hydrogens is 458 g/mol. The van der Waals surface area contributed by atoms with Gasteiger partial charge in [0.05, 0.1) is 21.5 Å². The van der Waals surface area contributed by atoms with Crippen molar-refractivity contribution in [2.24, 2.45) is 0 Å². The number of aromatic nitrogens is 2. The predicted molar refractivity (Wildman–Crippen MR) is 118 cm³/mol. The second kappa shape index (κ2) is 8.45. The Morgan fingerprint density at radius 3 is 2.48 bits per heavy atom. The van der Waals surface area contributed by atoms with E-state index in [4.69, 9.17) is 0 Å². The summed E-state index contributed by atoms with van der Waals surface area (Å²) in [7, 11) is -2.35. The fourth-order valence-corrected chi connectivity index (χ4v) is 4.33. The molecule has 1 heterocycles. The summed E-state index contributed by atoms with van der Waals surface area (Å²) in [6.07, 6.45) is -1.89. The minimum Gasteiger partial charge on any atom is -0.338 e. The first-order valence-corrected chi connectivity index (χ1v) is 11.1. The number of rotatable bonds is 5. The number of sulfonamides is 1. The van der Waals surface area contributed by atoms with Crippen molar-refractivity contribution in [1.29, 1.82) is 0 Å². The molecule has 2 N–H and O–H groups in total. The van der Waals surface area contributed by atoms with E-state index >= 15 is 0 Å². The summed E-state index contributed by atoms with van der Waals surface area (Å²) >= 11 is 0. The Morgan fingerprint density at radius 1 is 1.00 bits per heavy atom. The van der Waals surface area contributed by atoms with Crippen molar-refractivity contribution in [1.82, 2.24) is 14.7 Å². The molecule has 0 unspecified atom stereocenters. The maximum atomic E-state index is 13.6. The normalized spacial score (nSPS) is 12.6. The highest BCUT2D eigenvalue weighted by Crippen LogP contribution is 2.31. The zero-order valence-corrected chi connectivity index (χ0v) is 17.9. The van der Waals surface area contributed by atoms with E-state index in [1.165, 1.54) is 25.3 Å². The van der Waals surface area contributed by atoms with Gasteiger partial charge in [0.15, 0.2) is 0 Å². The zero-order chi connectivity index (χ0) is 23.8. The van der Waals surface area contributed by atoms with Crippen molar-refractivity contribution in [3.63, 3.8) is 0 Å². The number of benzene rings is 3. The van der Waals surface area contributed by atoms with E-state index in [1.807, 2.05) is 0 Å². The van der Waals surface area contributed by atoms with Gasteiger partial charge in [-0.15, -0.1) is 0 Å². The molecule has 3 aromatic carbocycles. The van der Waals surface area contributed by atoms with E-state index in [-0.39, 0.29) is 10.5 Å². The number of hydrogen-bond acceptors (Lipinski definition) is 3. The number of nitrogens with zero attached hydrogens (tertiary/aromatic N) is 1. The number of halogens is 4. The molecule has 10 heteroatoms. The van der Waals surface area contributed by atoms with Crippen LogP contribution in [0, 0.1) is 5.82 Å². The van der Waals surface area contributed by atoms with Crippen molar-refractivity contribution in [2.45, 2.75) is 11.1 Å². The number of fused-ring (bicyclic) bond motifs is 1. The lowest BCUT2D eigenvalue weighted by atomic mass is 10.1. The van der Waals surface area contributed by atoms with Crippen LogP contribution in [0.2, 0.25) is 0 Å². The van der Waals surface area contributed by atoms with Gasteiger partial charge in [-0.1, -0.05) is 30.3 Å². The minimum absolute atomic E-state index is 0.0367. The molecule has 0 amide bonds. The second-order valence-corrected chi connectivity index (χ2v) is 9.02. The van der Waals surface area contributed by atoms with Crippen LogP contribution in [0.3, 0.4) is 0 Å². The standard InChI is InChI=1S/C23H17F4N3O2S/c1-28-33(31,32)21-5-3-2-4-18(21)15-7-8-19-20(12-15)30-22(29-19)9-6-14-10-16(23(25,26)27)13-17(24)11-14/h2-13,28H,1H3,(H,29,30)/b9-6+. The molecule has 0 aliphatic heterocycles. The molecule has 33 heavy (non-hydrogen) atoms.